The molecule has 0 fully saturated rings. The van der Waals surface area contributed by atoms with E-state index in [9.17, 15) is 4.79 Å². The van der Waals surface area contributed by atoms with Gasteiger partial charge in [0, 0.05) is 24.3 Å². The molecule has 0 bridgehead atoms. The Morgan fingerprint density at radius 2 is 2.04 bits per heavy atom. The largest absolute Gasteiger partial charge is 0.384 e. The van der Waals surface area contributed by atoms with Gasteiger partial charge in [0.2, 0.25) is 0 Å². The van der Waals surface area contributed by atoms with Gasteiger partial charge in [-0.15, -0.1) is 0 Å². The van der Waals surface area contributed by atoms with E-state index in [0.717, 1.165) is 36.1 Å². The van der Waals surface area contributed by atoms with Gasteiger partial charge in [-0.05, 0) is 59.2 Å². The third-order valence-corrected chi connectivity index (χ3v) is 4.62. The number of nitrogens with one attached hydrogen (secondary N) is 2. The van der Waals surface area contributed by atoms with E-state index in [0.29, 0.717) is 12.5 Å². The molecule has 0 saturated heterocycles. The van der Waals surface area contributed by atoms with Gasteiger partial charge >= 0.3 is 0 Å². The maximum absolute atomic E-state index is 12.7. The van der Waals surface area contributed by atoms with E-state index in [2.05, 4.69) is 67.8 Å². The van der Waals surface area contributed by atoms with E-state index in [1.807, 2.05) is 0 Å². The number of carbonyl (C=O) groups excluding carboxylic acids is 1. The highest BCUT2D eigenvalue weighted by Gasteiger charge is 2.17. The molecule has 1 aliphatic rings. The zero-order valence-corrected chi connectivity index (χ0v) is 14.8. The third-order valence-electron chi connectivity index (χ3n) is 4.62. The quantitative estimate of drug-likeness (QED) is 0.845. The Morgan fingerprint density at radius 1 is 1.21 bits per heavy atom. The highest BCUT2D eigenvalue weighted by molar-refractivity contribution is 6.01. The Hall–Kier alpha value is -2.29. The van der Waals surface area contributed by atoms with Gasteiger partial charge in [0.15, 0.2) is 0 Å². The van der Waals surface area contributed by atoms with Gasteiger partial charge < -0.3 is 10.6 Å². The highest BCUT2D eigenvalue weighted by Crippen LogP contribution is 2.32. The van der Waals surface area contributed by atoms with Crippen LogP contribution in [0.15, 0.2) is 36.4 Å². The van der Waals surface area contributed by atoms with Crippen molar-refractivity contribution < 1.29 is 4.79 Å². The van der Waals surface area contributed by atoms with Crippen LogP contribution in [-0.4, -0.2) is 19.0 Å². The Bertz CT molecular complexity index is 749. The number of hydrogen-bond acceptors (Lipinski definition) is 2. The van der Waals surface area contributed by atoms with Crippen molar-refractivity contribution in [3.05, 3.63) is 53.1 Å². The van der Waals surface area contributed by atoms with Crippen LogP contribution in [0.1, 0.15) is 54.6 Å². The van der Waals surface area contributed by atoms with Crippen molar-refractivity contribution in [2.24, 2.45) is 0 Å². The third kappa shape index (κ3) is 3.30. The summed E-state index contributed by atoms with van der Waals surface area (Å²) in [5.74, 6) is 0.425. The molecule has 3 heteroatoms. The summed E-state index contributed by atoms with van der Waals surface area (Å²) in [6, 6.07) is 12.7. The second-order valence-corrected chi connectivity index (χ2v) is 6.76. The Labute approximate surface area is 144 Å². The second kappa shape index (κ2) is 7.08. The topological polar surface area (TPSA) is 41.1 Å². The summed E-state index contributed by atoms with van der Waals surface area (Å²) in [4.78, 5) is 12.7. The van der Waals surface area contributed by atoms with E-state index in [1.165, 1.54) is 16.8 Å². The van der Waals surface area contributed by atoms with Crippen LogP contribution in [0.4, 0.5) is 5.69 Å². The van der Waals surface area contributed by atoms with E-state index in [4.69, 9.17) is 0 Å². The van der Waals surface area contributed by atoms with E-state index < -0.39 is 0 Å². The predicted octanol–water partition coefficient (Wildman–Crippen LogP) is 4.58. The van der Waals surface area contributed by atoms with E-state index in [-0.39, 0.29) is 5.91 Å². The maximum atomic E-state index is 12.7. The zero-order valence-electron chi connectivity index (χ0n) is 14.8. The lowest BCUT2D eigenvalue weighted by Gasteiger charge is -2.15. The maximum Gasteiger partial charge on any atom is 0.251 e. The number of amides is 1. The second-order valence-electron chi connectivity index (χ2n) is 6.76. The standard InChI is InChI=1S/C21H26N2O/c1-4-10-23-21(24)19-13-15(14(2)3)5-7-18(19)16-6-8-20-17(12-16)9-11-22-20/h5-8,12-14,22H,4,9-11H2,1-3H3,(H,23,24). The molecule has 0 spiro atoms. The van der Waals surface area contributed by atoms with E-state index >= 15 is 0 Å². The summed E-state index contributed by atoms with van der Waals surface area (Å²) in [7, 11) is 0. The smallest absolute Gasteiger partial charge is 0.251 e. The van der Waals surface area contributed by atoms with Crippen molar-refractivity contribution in [3.8, 4) is 11.1 Å². The summed E-state index contributed by atoms with van der Waals surface area (Å²) in [6.45, 7) is 8.08. The number of anilines is 1. The first-order valence-corrected chi connectivity index (χ1v) is 8.89. The van der Waals surface area contributed by atoms with Gasteiger partial charge in [-0.2, -0.15) is 0 Å². The van der Waals surface area contributed by atoms with Crippen molar-refractivity contribution in [2.45, 2.75) is 39.5 Å². The molecule has 2 aromatic carbocycles. The van der Waals surface area contributed by atoms with E-state index in [1.54, 1.807) is 0 Å². The minimum absolute atomic E-state index is 0.0213. The SMILES string of the molecule is CCCNC(=O)c1cc(C(C)C)ccc1-c1ccc2c(c1)CCN2. The number of rotatable bonds is 5. The normalized spacial score (nSPS) is 12.8. The molecule has 0 saturated carbocycles. The molecule has 0 atom stereocenters. The van der Waals surface area contributed by atoms with Gasteiger partial charge in [0.25, 0.3) is 5.91 Å². The van der Waals surface area contributed by atoms with Gasteiger partial charge in [-0.3, -0.25) is 4.79 Å². The van der Waals surface area contributed by atoms with Crippen LogP contribution in [0.5, 0.6) is 0 Å². The molecule has 2 aromatic rings. The Kier molecular flexibility index (Phi) is 4.89. The molecular weight excluding hydrogens is 296 g/mol. The van der Waals surface area contributed by atoms with Gasteiger partial charge in [-0.25, -0.2) is 0 Å². The Balaban J connectivity index is 2.04. The molecule has 1 aliphatic heterocycles. The van der Waals surface area contributed by atoms with Crippen LogP contribution < -0.4 is 10.6 Å². The molecular formula is C21H26N2O. The van der Waals surface area contributed by atoms with Crippen LogP contribution in [-0.2, 0) is 6.42 Å². The van der Waals surface area contributed by atoms with Crippen molar-refractivity contribution in [3.63, 3.8) is 0 Å². The molecule has 1 amide bonds. The molecule has 0 aromatic heterocycles. The van der Waals surface area contributed by atoms with Gasteiger partial charge in [0.05, 0.1) is 0 Å². The fourth-order valence-corrected chi connectivity index (χ4v) is 3.17. The molecule has 24 heavy (non-hydrogen) atoms. The molecule has 126 valence electrons. The molecule has 3 rings (SSSR count). The summed E-state index contributed by atoms with van der Waals surface area (Å²) >= 11 is 0. The minimum atomic E-state index is 0.0213. The lowest BCUT2D eigenvalue weighted by molar-refractivity contribution is 0.0954. The predicted molar refractivity (Wildman–Crippen MR) is 101 cm³/mol. The van der Waals surface area contributed by atoms with Crippen molar-refractivity contribution in [1.29, 1.82) is 0 Å². The molecule has 1 heterocycles. The first-order valence-electron chi connectivity index (χ1n) is 8.89. The van der Waals surface area contributed by atoms with Crippen LogP contribution in [0.25, 0.3) is 11.1 Å². The summed E-state index contributed by atoms with van der Waals surface area (Å²) < 4.78 is 0. The fourth-order valence-electron chi connectivity index (χ4n) is 3.17. The van der Waals surface area contributed by atoms with Crippen molar-refractivity contribution in [2.75, 3.05) is 18.4 Å². The number of hydrogen-bond donors (Lipinski definition) is 2. The molecule has 0 unspecified atom stereocenters. The number of benzene rings is 2. The monoisotopic (exact) mass is 322 g/mol. The number of carbonyl (C=O) groups is 1. The molecule has 3 nitrogen and oxygen atoms in total. The minimum Gasteiger partial charge on any atom is -0.384 e. The lowest BCUT2D eigenvalue weighted by atomic mass is 9.92. The van der Waals surface area contributed by atoms with Gasteiger partial charge in [0.1, 0.15) is 0 Å². The average Bonchev–Trinajstić information content (AvgIpc) is 3.06. The summed E-state index contributed by atoms with van der Waals surface area (Å²) in [5.41, 5.74) is 6.66. The summed E-state index contributed by atoms with van der Waals surface area (Å²) in [6.07, 6.45) is 1.99. The van der Waals surface area contributed by atoms with Gasteiger partial charge in [-0.1, -0.05) is 39.0 Å². The van der Waals surface area contributed by atoms with Crippen LogP contribution in [0, 0.1) is 0 Å². The Morgan fingerprint density at radius 3 is 2.79 bits per heavy atom. The van der Waals surface area contributed by atoms with Crippen molar-refractivity contribution in [1.82, 2.24) is 5.32 Å². The van der Waals surface area contributed by atoms with Crippen LogP contribution in [0.2, 0.25) is 0 Å². The lowest BCUT2D eigenvalue weighted by Crippen LogP contribution is -2.24. The van der Waals surface area contributed by atoms with Crippen LogP contribution in [0.3, 0.4) is 0 Å². The van der Waals surface area contributed by atoms with Crippen LogP contribution >= 0.6 is 0 Å². The number of fused-ring (bicyclic) bond motifs is 1. The average molecular weight is 322 g/mol. The highest BCUT2D eigenvalue weighted by atomic mass is 16.1. The first kappa shape index (κ1) is 16.6. The fraction of sp³-hybridized carbons (Fsp3) is 0.381. The summed E-state index contributed by atoms with van der Waals surface area (Å²) in [5, 5.41) is 6.41. The zero-order chi connectivity index (χ0) is 17.1. The van der Waals surface area contributed by atoms with Crippen molar-refractivity contribution >= 4 is 11.6 Å². The molecule has 2 N–H and O–H groups in total. The molecule has 0 aliphatic carbocycles. The molecule has 0 radical (unpaired) electrons. The first-order chi connectivity index (χ1) is 11.6.